The van der Waals surface area contributed by atoms with E-state index in [1.807, 2.05) is 24.3 Å². The lowest BCUT2D eigenvalue weighted by Crippen LogP contribution is -2.24. The van der Waals surface area contributed by atoms with Crippen LogP contribution in [-0.4, -0.2) is 11.6 Å². The van der Waals surface area contributed by atoms with E-state index >= 15 is 0 Å². The Bertz CT molecular complexity index is 817. The van der Waals surface area contributed by atoms with Gasteiger partial charge in [-0.25, -0.2) is 0 Å². The fourth-order valence-electron chi connectivity index (χ4n) is 4.68. The highest BCUT2D eigenvalue weighted by atomic mass is 16.1. The first kappa shape index (κ1) is 22.5. The fraction of sp³-hybridized carbons (Fsp3) is 0.500. The molecule has 0 bridgehead atoms. The summed E-state index contributed by atoms with van der Waals surface area (Å²) in [5, 5.41) is 0. The summed E-state index contributed by atoms with van der Waals surface area (Å²) in [6.07, 6.45) is 11.7. The van der Waals surface area contributed by atoms with Gasteiger partial charge in [-0.3, -0.25) is 9.59 Å². The number of unbranched alkanes of at least 4 members (excludes halogenated alkanes) is 5. The number of ketones is 2. The number of rotatable bonds is 10. The Morgan fingerprint density at radius 1 is 0.833 bits per heavy atom. The minimum atomic E-state index is 0.0914. The molecular weight excluding hydrogens is 368 g/mol. The minimum absolute atomic E-state index is 0.0914. The molecule has 2 atom stereocenters. The first-order chi connectivity index (χ1) is 14.6. The standard InChI is InChI=1S/C28H36O2/c1-3-4-5-6-7-8-9-26-18-19-27(20-28(26)30)25-16-14-24(15-17-25)23-12-10-22(11-13-23)21(2)29/h10-17,26-27H,3-9,18-20H2,1-2H3/t26-,27-/m0/s1. The van der Waals surface area contributed by atoms with E-state index in [-0.39, 0.29) is 5.78 Å². The molecule has 0 radical (unpaired) electrons. The summed E-state index contributed by atoms with van der Waals surface area (Å²) in [5.41, 5.74) is 4.29. The molecule has 0 heterocycles. The Hall–Kier alpha value is -2.22. The SMILES string of the molecule is CCCCCCCC[C@H]1CC[C@H](c2ccc(-c3ccc(C(C)=O)cc3)cc2)CC1=O. The third-order valence-electron chi connectivity index (χ3n) is 6.68. The molecule has 1 fully saturated rings. The monoisotopic (exact) mass is 404 g/mol. The van der Waals surface area contributed by atoms with Crippen LogP contribution < -0.4 is 0 Å². The second-order valence-corrected chi connectivity index (χ2v) is 8.95. The van der Waals surface area contributed by atoms with E-state index in [1.165, 1.54) is 44.1 Å². The van der Waals surface area contributed by atoms with Crippen LogP contribution >= 0.6 is 0 Å². The van der Waals surface area contributed by atoms with Gasteiger partial charge in [0.05, 0.1) is 0 Å². The number of hydrogen-bond acceptors (Lipinski definition) is 2. The van der Waals surface area contributed by atoms with Gasteiger partial charge in [0.1, 0.15) is 5.78 Å². The Balaban J connectivity index is 1.50. The average Bonchev–Trinajstić information content (AvgIpc) is 2.77. The molecular formula is C28H36O2. The van der Waals surface area contributed by atoms with Gasteiger partial charge in [-0.1, -0.05) is 94.0 Å². The predicted molar refractivity (Wildman–Crippen MR) is 125 cm³/mol. The van der Waals surface area contributed by atoms with Crippen molar-refractivity contribution in [3.8, 4) is 11.1 Å². The smallest absolute Gasteiger partial charge is 0.159 e. The molecule has 30 heavy (non-hydrogen) atoms. The van der Waals surface area contributed by atoms with Crippen LogP contribution in [0, 0.1) is 5.92 Å². The van der Waals surface area contributed by atoms with Crippen molar-refractivity contribution in [1.82, 2.24) is 0 Å². The Labute approximate surface area is 182 Å². The molecule has 0 aromatic heterocycles. The summed E-state index contributed by atoms with van der Waals surface area (Å²) in [6, 6.07) is 16.4. The van der Waals surface area contributed by atoms with E-state index in [0.29, 0.717) is 24.0 Å². The quantitative estimate of drug-likeness (QED) is 0.299. The number of hydrogen-bond donors (Lipinski definition) is 0. The Morgan fingerprint density at radius 3 is 2.03 bits per heavy atom. The largest absolute Gasteiger partial charge is 0.299 e. The molecule has 0 saturated heterocycles. The van der Waals surface area contributed by atoms with Crippen LogP contribution in [0.1, 0.15) is 99.9 Å². The second-order valence-electron chi connectivity index (χ2n) is 8.95. The van der Waals surface area contributed by atoms with Gasteiger partial charge in [0.25, 0.3) is 0 Å². The first-order valence-corrected chi connectivity index (χ1v) is 11.8. The number of carbonyl (C=O) groups is 2. The van der Waals surface area contributed by atoms with Gasteiger partial charge in [-0.2, -0.15) is 0 Å². The van der Waals surface area contributed by atoms with E-state index in [4.69, 9.17) is 0 Å². The maximum absolute atomic E-state index is 12.7. The number of benzene rings is 2. The molecule has 3 rings (SSSR count). The van der Waals surface area contributed by atoms with Crippen molar-refractivity contribution in [3.63, 3.8) is 0 Å². The van der Waals surface area contributed by atoms with Crippen LogP contribution in [0.15, 0.2) is 48.5 Å². The predicted octanol–water partition coefficient (Wildman–Crippen LogP) is 7.76. The van der Waals surface area contributed by atoms with Gasteiger partial charge in [0.15, 0.2) is 5.78 Å². The Morgan fingerprint density at radius 2 is 1.43 bits per heavy atom. The highest BCUT2D eigenvalue weighted by Crippen LogP contribution is 2.36. The van der Waals surface area contributed by atoms with Crippen molar-refractivity contribution in [2.75, 3.05) is 0 Å². The summed E-state index contributed by atoms with van der Waals surface area (Å²) in [7, 11) is 0. The zero-order chi connectivity index (χ0) is 21.3. The van der Waals surface area contributed by atoms with Gasteiger partial charge >= 0.3 is 0 Å². The maximum Gasteiger partial charge on any atom is 0.159 e. The lowest BCUT2D eigenvalue weighted by Gasteiger charge is -2.28. The summed E-state index contributed by atoms with van der Waals surface area (Å²) in [6.45, 7) is 3.84. The molecule has 0 N–H and O–H groups in total. The van der Waals surface area contributed by atoms with Gasteiger partial charge < -0.3 is 0 Å². The van der Waals surface area contributed by atoms with Crippen molar-refractivity contribution >= 4 is 11.6 Å². The van der Waals surface area contributed by atoms with Crippen LogP contribution in [-0.2, 0) is 4.79 Å². The van der Waals surface area contributed by atoms with Gasteiger partial charge in [0.2, 0.25) is 0 Å². The molecule has 1 aliphatic rings. The van der Waals surface area contributed by atoms with E-state index in [0.717, 1.165) is 36.0 Å². The van der Waals surface area contributed by atoms with Crippen molar-refractivity contribution in [2.24, 2.45) is 5.92 Å². The molecule has 1 saturated carbocycles. The fourth-order valence-corrected chi connectivity index (χ4v) is 4.68. The molecule has 0 aliphatic heterocycles. The third-order valence-corrected chi connectivity index (χ3v) is 6.68. The van der Waals surface area contributed by atoms with Crippen LogP contribution in [0.2, 0.25) is 0 Å². The van der Waals surface area contributed by atoms with Crippen molar-refractivity contribution < 1.29 is 9.59 Å². The van der Waals surface area contributed by atoms with Crippen molar-refractivity contribution in [1.29, 1.82) is 0 Å². The van der Waals surface area contributed by atoms with Crippen molar-refractivity contribution in [2.45, 2.75) is 84.0 Å². The summed E-state index contributed by atoms with van der Waals surface area (Å²) in [4.78, 5) is 24.1. The Kier molecular flexibility index (Phi) is 8.42. The lowest BCUT2D eigenvalue weighted by atomic mass is 9.76. The summed E-state index contributed by atoms with van der Waals surface area (Å²) in [5.74, 6) is 1.23. The first-order valence-electron chi connectivity index (χ1n) is 11.8. The zero-order valence-electron chi connectivity index (χ0n) is 18.7. The number of carbonyl (C=O) groups excluding carboxylic acids is 2. The summed E-state index contributed by atoms with van der Waals surface area (Å²) >= 11 is 0. The van der Waals surface area contributed by atoms with Crippen LogP contribution in [0.25, 0.3) is 11.1 Å². The molecule has 2 aromatic carbocycles. The van der Waals surface area contributed by atoms with Crippen LogP contribution in [0.4, 0.5) is 0 Å². The van der Waals surface area contributed by atoms with Crippen LogP contribution in [0.3, 0.4) is 0 Å². The van der Waals surface area contributed by atoms with E-state index in [1.54, 1.807) is 6.92 Å². The summed E-state index contributed by atoms with van der Waals surface area (Å²) < 4.78 is 0. The maximum atomic E-state index is 12.7. The highest BCUT2D eigenvalue weighted by Gasteiger charge is 2.28. The normalized spacial score (nSPS) is 19.1. The van der Waals surface area contributed by atoms with E-state index in [9.17, 15) is 9.59 Å². The highest BCUT2D eigenvalue weighted by molar-refractivity contribution is 5.94. The molecule has 0 amide bonds. The van der Waals surface area contributed by atoms with Crippen LogP contribution in [0.5, 0.6) is 0 Å². The van der Waals surface area contributed by atoms with Gasteiger partial charge in [0, 0.05) is 17.9 Å². The van der Waals surface area contributed by atoms with Gasteiger partial charge in [-0.15, -0.1) is 0 Å². The molecule has 160 valence electrons. The van der Waals surface area contributed by atoms with E-state index < -0.39 is 0 Å². The topological polar surface area (TPSA) is 34.1 Å². The average molecular weight is 405 g/mol. The van der Waals surface area contributed by atoms with E-state index in [2.05, 4.69) is 31.2 Å². The third kappa shape index (κ3) is 6.14. The molecule has 2 aromatic rings. The van der Waals surface area contributed by atoms with Gasteiger partial charge in [-0.05, 0) is 48.8 Å². The molecule has 0 spiro atoms. The molecule has 2 heteroatoms. The number of Topliss-reactive ketones (excluding diaryl/α,β-unsaturated/α-hetero) is 2. The zero-order valence-corrected chi connectivity index (χ0v) is 18.7. The molecule has 0 unspecified atom stereocenters. The minimum Gasteiger partial charge on any atom is -0.299 e. The molecule has 1 aliphatic carbocycles. The van der Waals surface area contributed by atoms with Crippen molar-refractivity contribution in [3.05, 3.63) is 59.7 Å². The second kappa shape index (κ2) is 11.2. The lowest BCUT2D eigenvalue weighted by molar-refractivity contribution is -0.125. The molecule has 2 nitrogen and oxygen atoms in total.